The third-order valence-corrected chi connectivity index (χ3v) is 1.36. The summed E-state index contributed by atoms with van der Waals surface area (Å²) in [6, 6.07) is -0.190. The van der Waals surface area contributed by atoms with Crippen LogP contribution in [0.5, 0.6) is 0 Å². The van der Waals surface area contributed by atoms with Gasteiger partial charge >= 0.3 is 5.97 Å². The first-order valence-corrected chi connectivity index (χ1v) is 3.25. The lowest BCUT2D eigenvalue weighted by Crippen LogP contribution is -2.12. The van der Waals surface area contributed by atoms with E-state index in [0.29, 0.717) is 6.42 Å². The van der Waals surface area contributed by atoms with Gasteiger partial charge in [-0.25, -0.2) is 0 Å². The Morgan fingerprint density at radius 3 is 2.80 bits per heavy atom. The average Bonchev–Trinajstić information content (AvgIpc) is 2.13. The van der Waals surface area contributed by atoms with Crippen molar-refractivity contribution in [3.63, 3.8) is 0 Å². The molecular formula is C7H10NO2-. The van der Waals surface area contributed by atoms with Gasteiger partial charge in [-0.2, -0.15) is 0 Å². The molecule has 1 aliphatic carbocycles. The summed E-state index contributed by atoms with van der Waals surface area (Å²) in [5.41, 5.74) is 7.23. The first-order valence-electron chi connectivity index (χ1n) is 3.25. The third kappa shape index (κ3) is 1.84. The Bertz CT molecular complexity index is 165. The number of hydrogen-bond acceptors (Lipinski definition) is 2. The molecule has 3 heteroatoms. The minimum atomic E-state index is -0.274. The number of hydrogen-bond donors (Lipinski definition) is 0. The quantitative estimate of drug-likeness (QED) is 0.407. The van der Waals surface area contributed by atoms with Crippen LogP contribution < -0.4 is 0 Å². The van der Waals surface area contributed by atoms with Gasteiger partial charge in [0.1, 0.15) is 6.10 Å². The van der Waals surface area contributed by atoms with Crippen molar-refractivity contribution in [1.82, 2.24) is 0 Å². The van der Waals surface area contributed by atoms with Crippen molar-refractivity contribution in [1.29, 1.82) is 0 Å². The highest BCUT2D eigenvalue weighted by atomic mass is 16.5. The van der Waals surface area contributed by atoms with Crippen LogP contribution in [0, 0.1) is 0 Å². The summed E-state index contributed by atoms with van der Waals surface area (Å²) in [4.78, 5) is 10.4. The normalized spacial score (nSPS) is 30.6. The maximum atomic E-state index is 10.4. The highest BCUT2D eigenvalue weighted by Gasteiger charge is 2.13. The fraction of sp³-hybridized carbons (Fsp3) is 0.571. The Labute approximate surface area is 59.8 Å². The summed E-state index contributed by atoms with van der Waals surface area (Å²) in [5.74, 6) is -0.274. The zero-order valence-electron chi connectivity index (χ0n) is 5.83. The molecule has 1 aliphatic rings. The van der Waals surface area contributed by atoms with Gasteiger partial charge in [0, 0.05) is 6.92 Å². The van der Waals surface area contributed by atoms with Crippen LogP contribution in [0.15, 0.2) is 12.2 Å². The third-order valence-electron chi connectivity index (χ3n) is 1.36. The van der Waals surface area contributed by atoms with E-state index in [1.807, 2.05) is 0 Å². The highest BCUT2D eigenvalue weighted by Crippen LogP contribution is 2.15. The molecule has 10 heavy (non-hydrogen) atoms. The van der Waals surface area contributed by atoms with E-state index in [4.69, 9.17) is 10.5 Å². The lowest BCUT2D eigenvalue weighted by molar-refractivity contribution is -0.144. The van der Waals surface area contributed by atoms with E-state index in [9.17, 15) is 4.79 Å². The molecule has 56 valence electrons. The van der Waals surface area contributed by atoms with E-state index in [2.05, 4.69) is 0 Å². The van der Waals surface area contributed by atoms with Gasteiger partial charge in [-0.3, -0.25) is 4.79 Å². The summed E-state index contributed by atoms with van der Waals surface area (Å²) in [5, 5.41) is 0. The van der Waals surface area contributed by atoms with E-state index >= 15 is 0 Å². The zero-order valence-corrected chi connectivity index (χ0v) is 5.83. The molecule has 0 aliphatic heterocycles. The van der Waals surface area contributed by atoms with Crippen molar-refractivity contribution in [3.05, 3.63) is 17.9 Å². The number of carbonyl (C=O) groups is 1. The molecule has 0 saturated heterocycles. The van der Waals surface area contributed by atoms with Crippen molar-refractivity contribution in [2.45, 2.75) is 25.5 Å². The van der Waals surface area contributed by atoms with Gasteiger partial charge in [0.05, 0.1) is 0 Å². The molecule has 0 aromatic carbocycles. The van der Waals surface area contributed by atoms with Gasteiger partial charge in [0.2, 0.25) is 0 Å². The van der Waals surface area contributed by atoms with Crippen LogP contribution in [0.1, 0.15) is 13.3 Å². The second kappa shape index (κ2) is 2.84. The molecule has 3 nitrogen and oxygen atoms in total. The van der Waals surface area contributed by atoms with Gasteiger partial charge in [-0.15, -0.1) is 12.1 Å². The second-order valence-corrected chi connectivity index (χ2v) is 2.37. The smallest absolute Gasteiger partial charge is 0.303 e. The molecule has 0 fully saturated rings. The van der Waals surface area contributed by atoms with Crippen LogP contribution in [0.25, 0.3) is 5.73 Å². The van der Waals surface area contributed by atoms with E-state index in [1.54, 1.807) is 12.2 Å². The van der Waals surface area contributed by atoms with Crippen LogP contribution in [-0.4, -0.2) is 18.1 Å². The summed E-state index contributed by atoms with van der Waals surface area (Å²) in [7, 11) is 0. The molecule has 1 N–H and O–H groups in total. The van der Waals surface area contributed by atoms with Crippen molar-refractivity contribution in [2.24, 2.45) is 0 Å². The van der Waals surface area contributed by atoms with Crippen molar-refractivity contribution < 1.29 is 9.53 Å². The summed E-state index contributed by atoms with van der Waals surface area (Å²) in [6.07, 6.45) is 3.96. The lowest BCUT2D eigenvalue weighted by atomic mass is 10.2. The van der Waals surface area contributed by atoms with Gasteiger partial charge in [0.15, 0.2) is 0 Å². The van der Waals surface area contributed by atoms with E-state index in [0.717, 1.165) is 0 Å². The Balaban J connectivity index is 2.33. The Hall–Kier alpha value is -0.830. The van der Waals surface area contributed by atoms with Crippen LogP contribution >= 0.6 is 0 Å². The van der Waals surface area contributed by atoms with E-state index in [-0.39, 0.29) is 18.1 Å². The van der Waals surface area contributed by atoms with Crippen molar-refractivity contribution in [3.8, 4) is 0 Å². The maximum absolute atomic E-state index is 10.4. The first-order chi connectivity index (χ1) is 4.68. The first kappa shape index (κ1) is 7.28. The van der Waals surface area contributed by atoms with Crippen molar-refractivity contribution >= 4 is 5.97 Å². The van der Waals surface area contributed by atoms with Crippen molar-refractivity contribution in [2.75, 3.05) is 0 Å². The molecule has 0 spiro atoms. The monoisotopic (exact) mass is 140 g/mol. The summed E-state index contributed by atoms with van der Waals surface area (Å²) >= 11 is 0. The van der Waals surface area contributed by atoms with Crippen LogP contribution in [0.4, 0.5) is 0 Å². The number of nitrogens with one attached hydrogen (secondary N) is 1. The number of esters is 1. The molecule has 0 unspecified atom stereocenters. The molecule has 0 bridgehead atoms. The molecule has 0 radical (unpaired) electrons. The predicted octanol–water partition coefficient (Wildman–Crippen LogP) is 1.30. The van der Waals surface area contributed by atoms with Gasteiger partial charge < -0.3 is 10.5 Å². The minimum Gasteiger partial charge on any atom is -0.671 e. The molecule has 0 aromatic rings. The molecule has 0 aromatic heterocycles. The minimum absolute atomic E-state index is 0.153. The van der Waals surface area contributed by atoms with Crippen LogP contribution in [-0.2, 0) is 9.53 Å². The summed E-state index contributed by atoms with van der Waals surface area (Å²) < 4.78 is 4.84. The zero-order chi connectivity index (χ0) is 7.56. The average molecular weight is 140 g/mol. The second-order valence-electron chi connectivity index (χ2n) is 2.37. The SMILES string of the molecule is CC(=O)O[C@@H]1C=C[C@H]([NH-])C1. The summed E-state index contributed by atoms with van der Waals surface area (Å²) in [6.45, 7) is 1.38. The van der Waals surface area contributed by atoms with Gasteiger partial charge in [-0.05, 0) is 12.5 Å². The topological polar surface area (TPSA) is 50.1 Å². The molecular weight excluding hydrogens is 130 g/mol. The molecule has 2 atom stereocenters. The van der Waals surface area contributed by atoms with Crippen LogP contribution in [0.2, 0.25) is 0 Å². The Morgan fingerprint density at radius 2 is 2.40 bits per heavy atom. The Kier molecular flexibility index (Phi) is 2.06. The molecule has 0 heterocycles. The van der Waals surface area contributed by atoms with Gasteiger partial charge in [-0.1, -0.05) is 0 Å². The maximum Gasteiger partial charge on any atom is 0.303 e. The highest BCUT2D eigenvalue weighted by molar-refractivity contribution is 5.66. The van der Waals surface area contributed by atoms with E-state index < -0.39 is 0 Å². The number of rotatable bonds is 1. The molecule has 0 saturated carbocycles. The van der Waals surface area contributed by atoms with Gasteiger partial charge in [0.25, 0.3) is 0 Å². The number of carbonyl (C=O) groups excluding carboxylic acids is 1. The molecule has 1 rings (SSSR count). The van der Waals surface area contributed by atoms with Crippen LogP contribution in [0.3, 0.4) is 0 Å². The standard InChI is InChI=1S/C7H10NO2/c1-5(9)10-7-3-2-6(8)4-7/h2-3,6-8H,4H2,1H3/q-1/t6-,7+/m0/s1. The number of ether oxygens (including phenoxy) is 1. The lowest BCUT2D eigenvalue weighted by Gasteiger charge is -2.12. The fourth-order valence-electron chi connectivity index (χ4n) is 0.966. The fourth-order valence-corrected chi connectivity index (χ4v) is 0.966. The van der Waals surface area contributed by atoms with E-state index in [1.165, 1.54) is 6.92 Å². The Morgan fingerprint density at radius 1 is 1.70 bits per heavy atom. The largest absolute Gasteiger partial charge is 0.671 e. The molecule has 0 amide bonds. The predicted molar refractivity (Wildman–Crippen MR) is 37.4 cm³/mol.